The van der Waals surface area contributed by atoms with Crippen LogP contribution < -0.4 is 5.32 Å². The van der Waals surface area contributed by atoms with E-state index in [-0.39, 0.29) is 10.7 Å². The number of halogens is 3. The van der Waals surface area contributed by atoms with Crippen molar-refractivity contribution < 1.29 is 9.18 Å². The first-order chi connectivity index (χ1) is 8.90. The maximum absolute atomic E-state index is 12.6. The van der Waals surface area contributed by atoms with Gasteiger partial charge in [0.05, 0.1) is 27.6 Å². The molecule has 100 valence electrons. The lowest BCUT2D eigenvalue weighted by Gasteiger charge is -2.10. The Balaban J connectivity index is 2.51. The Labute approximate surface area is 118 Å². The number of hydrogen-bond acceptors (Lipinski definition) is 3. The van der Waals surface area contributed by atoms with E-state index < -0.39 is 11.5 Å². The molecule has 1 N–H and O–H groups in total. The number of hydrogen-bond donors (Lipinski definition) is 1. The van der Waals surface area contributed by atoms with Gasteiger partial charge in [-0.15, -0.1) is 0 Å². The summed E-state index contributed by atoms with van der Waals surface area (Å²) in [5, 5.41) is 2.50. The fraction of sp³-hybridized carbons (Fsp3) is 0.250. The number of carbonyl (C=O) groups is 1. The van der Waals surface area contributed by atoms with E-state index >= 15 is 0 Å². The van der Waals surface area contributed by atoms with Gasteiger partial charge in [-0.05, 0) is 26.0 Å². The lowest BCUT2D eigenvalue weighted by molar-refractivity contribution is -0.118. The van der Waals surface area contributed by atoms with Crippen LogP contribution in [0.5, 0.6) is 0 Å². The third-order valence-electron chi connectivity index (χ3n) is 2.64. The van der Waals surface area contributed by atoms with E-state index in [4.69, 9.17) is 23.2 Å². The molecule has 0 saturated heterocycles. The molecule has 1 unspecified atom stereocenters. The van der Waals surface area contributed by atoms with Crippen LogP contribution in [0.2, 0.25) is 5.02 Å². The van der Waals surface area contributed by atoms with Crippen molar-refractivity contribution in [3.63, 3.8) is 0 Å². The number of carbonyl (C=O) groups excluding carboxylic acids is 1. The first-order valence-corrected chi connectivity index (χ1v) is 6.24. The minimum Gasteiger partial charge on any atom is -0.321 e. The van der Waals surface area contributed by atoms with Crippen LogP contribution in [-0.2, 0) is 4.79 Å². The number of aromatic nitrogens is 2. The van der Waals surface area contributed by atoms with E-state index in [1.54, 1.807) is 13.0 Å². The average molecular weight is 302 g/mol. The molecule has 0 aliphatic heterocycles. The van der Waals surface area contributed by atoms with Crippen molar-refractivity contribution in [2.45, 2.75) is 19.5 Å². The Morgan fingerprint density at radius 1 is 1.32 bits per heavy atom. The smallest absolute Gasteiger partial charge is 0.274 e. The highest BCUT2D eigenvalue weighted by Crippen LogP contribution is 2.29. The summed E-state index contributed by atoms with van der Waals surface area (Å²) >= 11 is 11.2. The van der Waals surface area contributed by atoms with Crippen LogP contribution in [0.1, 0.15) is 11.4 Å². The van der Waals surface area contributed by atoms with Crippen LogP contribution in [0.25, 0.3) is 11.0 Å². The van der Waals surface area contributed by atoms with Gasteiger partial charge < -0.3 is 5.32 Å². The van der Waals surface area contributed by atoms with Gasteiger partial charge >= 0.3 is 0 Å². The van der Waals surface area contributed by atoms with Crippen LogP contribution >= 0.6 is 23.2 Å². The summed E-state index contributed by atoms with van der Waals surface area (Å²) in [5.41, 5.74) is 0.711. The normalized spacial score (nSPS) is 12.5. The van der Waals surface area contributed by atoms with Crippen LogP contribution in [0.4, 0.5) is 10.1 Å². The molecule has 0 saturated carbocycles. The molecule has 2 rings (SSSR count). The molecule has 7 heteroatoms. The third kappa shape index (κ3) is 2.77. The Hall–Kier alpha value is -1.46. The topological polar surface area (TPSA) is 54.9 Å². The SMILES string of the molecule is Cc1nc2ccc(NC(=O)C(F)Cl)c(Cl)c2nc1C. The molecule has 0 fully saturated rings. The lowest BCUT2D eigenvalue weighted by atomic mass is 10.2. The molecule has 1 heterocycles. The van der Waals surface area contributed by atoms with Gasteiger partial charge in [0.15, 0.2) is 0 Å². The van der Waals surface area contributed by atoms with Crippen LogP contribution in [0, 0.1) is 13.8 Å². The Morgan fingerprint density at radius 3 is 2.58 bits per heavy atom. The Morgan fingerprint density at radius 2 is 1.95 bits per heavy atom. The second kappa shape index (κ2) is 5.27. The van der Waals surface area contributed by atoms with Crippen molar-refractivity contribution >= 4 is 45.8 Å². The minimum absolute atomic E-state index is 0.207. The van der Waals surface area contributed by atoms with Crippen molar-refractivity contribution in [1.29, 1.82) is 0 Å². The quantitative estimate of drug-likeness (QED) is 0.865. The van der Waals surface area contributed by atoms with E-state index in [1.807, 2.05) is 6.92 Å². The molecular formula is C12H10Cl2FN3O. The highest BCUT2D eigenvalue weighted by Gasteiger charge is 2.16. The highest BCUT2D eigenvalue weighted by atomic mass is 35.5. The highest BCUT2D eigenvalue weighted by molar-refractivity contribution is 6.38. The number of nitrogens with one attached hydrogen (secondary N) is 1. The minimum atomic E-state index is -2.13. The number of rotatable bonds is 2. The molecule has 2 aromatic rings. The zero-order valence-corrected chi connectivity index (χ0v) is 11.7. The van der Waals surface area contributed by atoms with Gasteiger partial charge in [0.25, 0.3) is 11.5 Å². The first-order valence-electron chi connectivity index (χ1n) is 5.42. The molecule has 0 spiro atoms. The van der Waals surface area contributed by atoms with Gasteiger partial charge in [-0.25, -0.2) is 14.4 Å². The number of alkyl halides is 2. The molecule has 0 bridgehead atoms. The van der Waals surface area contributed by atoms with E-state index in [0.717, 1.165) is 11.4 Å². The molecule has 0 aliphatic carbocycles. The standard InChI is InChI=1S/C12H10Cl2FN3O/c1-5-6(2)17-10-8(16-5)4-3-7(9(10)13)18-12(19)11(14)15/h3-4,11H,1-2H3,(H,18,19). The summed E-state index contributed by atoms with van der Waals surface area (Å²) < 4.78 is 12.6. The van der Waals surface area contributed by atoms with Crippen LogP contribution in [0.3, 0.4) is 0 Å². The molecule has 0 radical (unpaired) electrons. The molecule has 1 atom stereocenters. The molecule has 19 heavy (non-hydrogen) atoms. The second-order valence-corrected chi connectivity index (χ2v) is 4.74. The first kappa shape index (κ1) is 14.0. The molecule has 1 amide bonds. The molecule has 1 aromatic heterocycles. The van der Waals surface area contributed by atoms with Crippen molar-refractivity contribution in [3.8, 4) is 0 Å². The number of aryl methyl sites for hydroxylation is 2. The Bertz CT molecular complexity index is 661. The fourth-order valence-electron chi connectivity index (χ4n) is 1.54. The third-order valence-corrected chi connectivity index (χ3v) is 3.22. The van der Waals surface area contributed by atoms with E-state index in [2.05, 4.69) is 15.3 Å². The molecule has 1 aromatic carbocycles. The number of anilines is 1. The fourth-order valence-corrected chi connectivity index (χ4v) is 1.85. The molecule has 0 aliphatic rings. The van der Waals surface area contributed by atoms with E-state index in [0.29, 0.717) is 11.0 Å². The summed E-state index contributed by atoms with van der Waals surface area (Å²) in [5.74, 6) is -0.972. The second-order valence-electron chi connectivity index (χ2n) is 3.98. The maximum Gasteiger partial charge on any atom is 0.274 e. The summed E-state index contributed by atoms with van der Waals surface area (Å²) in [6, 6.07) is 3.18. The summed E-state index contributed by atoms with van der Waals surface area (Å²) in [6.45, 7) is 3.65. The zero-order chi connectivity index (χ0) is 14.2. The predicted molar refractivity (Wildman–Crippen MR) is 73.4 cm³/mol. The zero-order valence-electron chi connectivity index (χ0n) is 10.2. The summed E-state index contributed by atoms with van der Waals surface area (Å²) in [4.78, 5) is 19.9. The van der Waals surface area contributed by atoms with Gasteiger partial charge in [0, 0.05) is 0 Å². The van der Waals surface area contributed by atoms with Crippen molar-refractivity contribution in [1.82, 2.24) is 9.97 Å². The maximum atomic E-state index is 12.6. The summed E-state index contributed by atoms with van der Waals surface area (Å²) in [6.07, 6.45) is 0. The van der Waals surface area contributed by atoms with Crippen molar-refractivity contribution in [2.24, 2.45) is 0 Å². The van der Waals surface area contributed by atoms with Crippen molar-refractivity contribution in [2.75, 3.05) is 5.32 Å². The van der Waals surface area contributed by atoms with Gasteiger partial charge in [0.2, 0.25) is 0 Å². The Kier molecular flexibility index (Phi) is 3.87. The number of nitrogens with zero attached hydrogens (tertiary/aromatic N) is 2. The average Bonchev–Trinajstić information content (AvgIpc) is 2.35. The van der Waals surface area contributed by atoms with Crippen molar-refractivity contribution in [3.05, 3.63) is 28.5 Å². The van der Waals surface area contributed by atoms with Crippen LogP contribution in [-0.4, -0.2) is 21.5 Å². The molecular weight excluding hydrogens is 292 g/mol. The molecule has 4 nitrogen and oxygen atoms in total. The summed E-state index contributed by atoms with van der Waals surface area (Å²) in [7, 11) is 0. The van der Waals surface area contributed by atoms with Gasteiger partial charge in [-0.3, -0.25) is 4.79 Å². The number of amides is 1. The van der Waals surface area contributed by atoms with Crippen LogP contribution in [0.15, 0.2) is 12.1 Å². The van der Waals surface area contributed by atoms with E-state index in [1.165, 1.54) is 6.07 Å². The van der Waals surface area contributed by atoms with Gasteiger partial charge in [-0.1, -0.05) is 23.2 Å². The lowest BCUT2D eigenvalue weighted by Crippen LogP contribution is -2.19. The number of benzene rings is 1. The predicted octanol–water partition coefficient (Wildman–Crippen LogP) is 3.37. The van der Waals surface area contributed by atoms with Gasteiger partial charge in [0.1, 0.15) is 5.52 Å². The number of fused-ring (bicyclic) bond motifs is 1. The van der Waals surface area contributed by atoms with Gasteiger partial charge in [-0.2, -0.15) is 0 Å². The monoisotopic (exact) mass is 301 g/mol. The van der Waals surface area contributed by atoms with E-state index in [9.17, 15) is 9.18 Å². The largest absolute Gasteiger partial charge is 0.321 e.